The van der Waals surface area contributed by atoms with Crippen molar-refractivity contribution in [1.82, 2.24) is 0 Å². The minimum atomic E-state index is -3.87. The Kier molecular flexibility index (Phi) is 4.27. The van der Waals surface area contributed by atoms with Crippen molar-refractivity contribution in [3.63, 3.8) is 0 Å². The van der Waals surface area contributed by atoms with E-state index in [-0.39, 0.29) is 16.3 Å². The van der Waals surface area contributed by atoms with Crippen LogP contribution >= 0.6 is 0 Å². The minimum absolute atomic E-state index is 0.0875. The molecule has 0 aliphatic rings. The van der Waals surface area contributed by atoms with Crippen LogP contribution in [0.1, 0.15) is 5.56 Å². The highest BCUT2D eigenvalue weighted by molar-refractivity contribution is 7.93. The molecule has 2 aromatic rings. The number of hydrogen-bond donors (Lipinski definition) is 0. The van der Waals surface area contributed by atoms with Gasteiger partial charge in [0.2, 0.25) is 0 Å². The molecule has 0 saturated carbocycles. The zero-order valence-electron chi connectivity index (χ0n) is 11.8. The molecule has 6 nitrogen and oxygen atoms in total. The zero-order valence-corrected chi connectivity index (χ0v) is 12.7. The molecule has 0 atom stereocenters. The number of aryl methyl sites for hydroxylation is 1. The van der Waals surface area contributed by atoms with Crippen molar-refractivity contribution in [2.45, 2.75) is 11.8 Å². The highest BCUT2D eigenvalue weighted by Gasteiger charge is 2.23. The van der Waals surface area contributed by atoms with Crippen molar-refractivity contribution in [2.24, 2.45) is 0 Å². The van der Waals surface area contributed by atoms with Crippen LogP contribution in [0.15, 0.2) is 66.2 Å². The first-order valence-corrected chi connectivity index (χ1v) is 7.78. The number of anilines is 1. The lowest BCUT2D eigenvalue weighted by atomic mass is 10.2. The van der Waals surface area contributed by atoms with Gasteiger partial charge in [0, 0.05) is 18.3 Å². The van der Waals surface area contributed by atoms with E-state index in [4.69, 9.17) is 0 Å². The van der Waals surface area contributed by atoms with E-state index in [1.165, 1.54) is 36.4 Å². The first kappa shape index (κ1) is 15.7. The maximum atomic E-state index is 12.6. The second-order valence-electron chi connectivity index (χ2n) is 4.57. The van der Waals surface area contributed by atoms with E-state index in [1.54, 1.807) is 12.1 Å². The molecule has 0 aliphatic heterocycles. The van der Waals surface area contributed by atoms with Gasteiger partial charge in [0.05, 0.1) is 15.5 Å². The van der Waals surface area contributed by atoms with E-state index >= 15 is 0 Å². The summed E-state index contributed by atoms with van der Waals surface area (Å²) < 4.78 is 26.2. The fourth-order valence-electron chi connectivity index (χ4n) is 1.91. The van der Waals surface area contributed by atoms with Crippen molar-refractivity contribution < 1.29 is 13.3 Å². The standard InChI is InChI=1S/C15H14N2O4S/c1-3-16(13-5-4-6-14(11-13)17(18)19)22(20,21)15-9-7-12(2)8-10-15/h3-11H,1H2,2H3. The van der Waals surface area contributed by atoms with Crippen molar-refractivity contribution in [3.8, 4) is 0 Å². The molecule has 0 unspecified atom stereocenters. The lowest BCUT2D eigenvalue weighted by Crippen LogP contribution is -2.25. The van der Waals surface area contributed by atoms with Crippen molar-refractivity contribution >= 4 is 21.4 Å². The van der Waals surface area contributed by atoms with E-state index in [2.05, 4.69) is 6.58 Å². The van der Waals surface area contributed by atoms with Gasteiger partial charge in [-0.15, -0.1) is 0 Å². The highest BCUT2D eigenvalue weighted by Crippen LogP contribution is 2.27. The molecule has 0 N–H and O–H groups in total. The number of benzene rings is 2. The lowest BCUT2D eigenvalue weighted by Gasteiger charge is -2.20. The fraction of sp³-hybridized carbons (Fsp3) is 0.0667. The van der Waals surface area contributed by atoms with Crippen LogP contribution in [0.2, 0.25) is 0 Å². The quantitative estimate of drug-likeness (QED) is 0.626. The summed E-state index contributed by atoms with van der Waals surface area (Å²) in [4.78, 5) is 10.3. The first-order chi connectivity index (χ1) is 10.4. The van der Waals surface area contributed by atoms with Crippen LogP contribution in [0.25, 0.3) is 0 Å². The van der Waals surface area contributed by atoms with Gasteiger partial charge in [-0.2, -0.15) is 0 Å². The molecule has 7 heteroatoms. The molecule has 0 radical (unpaired) electrons. The molecule has 114 valence electrons. The van der Waals surface area contributed by atoms with Crippen LogP contribution in [-0.2, 0) is 10.0 Å². The lowest BCUT2D eigenvalue weighted by molar-refractivity contribution is -0.384. The monoisotopic (exact) mass is 318 g/mol. The minimum Gasteiger partial charge on any atom is -0.258 e. The van der Waals surface area contributed by atoms with Crippen LogP contribution in [0.5, 0.6) is 0 Å². The van der Waals surface area contributed by atoms with Gasteiger partial charge in [0.25, 0.3) is 15.7 Å². The molecular weight excluding hydrogens is 304 g/mol. The van der Waals surface area contributed by atoms with Crippen LogP contribution in [0, 0.1) is 17.0 Å². The number of nitro groups is 1. The summed E-state index contributed by atoms with van der Waals surface area (Å²) >= 11 is 0. The second-order valence-corrected chi connectivity index (χ2v) is 6.39. The molecule has 0 amide bonds. The summed E-state index contributed by atoms with van der Waals surface area (Å²) in [6, 6.07) is 11.7. The number of nitro benzene ring substituents is 1. The fourth-order valence-corrected chi connectivity index (χ4v) is 3.20. The number of hydrogen-bond acceptors (Lipinski definition) is 4. The Morgan fingerprint density at radius 2 is 1.82 bits per heavy atom. The third kappa shape index (κ3) is 2.99. The van der Waals surface area contributed by atoms with Gasteiger partial charge in [-0.3, -0.25) is 10.1 Å². The van der Waals surface area contributed by atoms with Crippen LogP contribution in [0.3, 0.4) is 0 Å². The highest BCUT2D eigenvalue weighted by atomic mass is 32.2. The van der Waals surface area contributed by atoms with Crippen LogP contribution < -0.4 is 4.31 Å². The summed E-state index contributed by atoms with van der Waals surface area (Å²) in [6.07, 6.45) is 1.12. The zero-order chi connectivity index (χ0) is 16.3. The third-order valence-electron chi connectivity index (χ3n) is 3.04. The number of nitrogens with zero attached hydrogens (tertiary/aromatic N) is 2. The number of sulfonamides is 1. The largest absolute Gasteiger partial charge is 0.271 e. The number of rotatable bonds is 5. The van der Waals surface area contributed by atoms with E-state index in [9.17, 15) is 18.5 Å². The Balaban J connectivity index is 2.51. The molecule has 0 fully saturated rings. The summed E-state index contributed by atoms with van der Waals surface area (Å²) in [5.41, 5.74) is 0.896. The average molecular weight is 318 g/mol. The second kappa shape index (κ2) is 5.98. The molecule has 0 spiro atoms. The third-order valence-corrected chi connectivity index (χ3v) is 4.78. The molecule has 0 saturated heterocycles. The Morgan fingerprint density at radius 3 is 2.36 bits per heavy atom. The Bertz CT molecular complexity index is 814. The normalized spacial score (nSPS) is 11.0. The predicted octanol–water partition coefficient (Wildman–Crippen LogP) is 3.24. The molecule has 2 rings (SSSR count). The molecule has 22 heavy (non-hydrogen) atoms. The summed E-state index contributed by atoms with van der Waals surface area (Å²) in [7, 11) is -3.87. The number of non-ortho nitro benzene ring substituents is 1. The molecule has 2 aromatic carbocycles. The maximum absolute atomic E-state index is 12.6. The van der Waals surface area contributed by atoms with Crippen molar-refractivity contribution in [3.05, 3.63) is 77.0 Å². The first-order valence-electron chi connectivity index (χ1n) is 6.34. The molecular formula is C15H14N2O4S. The summed E-state index contributed by atoms with van der Waals surface area (Å²) in [5.74, 6) is 0. The van der Waals surface area contributed by atoms with E-state index in [0.717, 1.165) is 16.1 Å². The topological polar surface area (TPSA) is 80.5 Å². The SMILES string of the molecule is C=CN(c1cccc([N+](=O)[O-])c1)S(=O)(=O)c1ccc(C)cc1. The smallest absolute Gasteiger partial charge is 0.258 e. The van der Waals surface area contributed by atoms with Gasteiger partial charge in [-0.1, -0.05) is 30.3 Å². The average Bonchev–Trinajstić information content (AvgIpc) is 2.48. The molecule has 0 bridgehead atoms. The summed E-state index contributed by atoms with van der Waals surface area (Å²) in [5, 5.41) is 10.8. The van der Waals surface area contributed by atoms with Crippen LogP contribution in [-0.4, -0.2) is 13.3 Å². The van der Waals surface area contributed by atoms with E-state index < -0.39 is 14.9 Å². The molecule has 0 heterocycles. The van der Waals surface area contributed by atoms with Gasteiger partial charge in [0.1, 0.15) is 0 Å². The molecule has 0 aromatic heterocycles. The van der Waals surface area contributed by atoms with Crippen molar-refractivity contribution in [1.29, 1.82) is 0 Å². The Labute approximate surface area is 128 Å². The van der Waals surface area contributed by atoms with Gasteiger partial charge in [-0.25, -0.2) is 12.7 Å². The van der Waals surface area contributed by atoms with Crippen molar-refractivity contribution in [2.75, 3.05) is 4.31 Å². The predicted molar refractivity (Wildman–Crippen MR) is 84.1 cm³/mol. The molecule has 0 aliphatic carbocycles. The maximum Gasteiger partial charge on any atom is 0.271 e. The Hall–Kier alpha value is -2.67. The van der Waals surface area contributed by atoms with Gasteiger partial charge < -0.3 is 0 Å². The van der Waals surface area contributed by atoms with E-state index in [1.807, 2.05) is 6.92 Å². The Morgan fingerprint density at radius 1 is 1.18 bits per heavy atom. The summed E-state index contributed by atoms with van der Waals surface area (Å²) in [6.45, 7) is 5.35. The van der Waals surface area contributed by atoms with Gasteiger partial charge in [0.15, 0.2) is 0 Å². The van der Waals surface area contributed by atoms with Gasteiger partial charge >= 0.3 is 0 Å². The van der Waals surface area contributed by atoms with Gasteiger partial charge in [-0.05, 0) is 25.1 Å². The van der Waals surface area contributed by atoms with Crippen LogP contribution in [0.4, 0.5) is 11.4 Å². The van der Waals surface area contributed by atoms with E-state index in [0.29, 0.717) is 0 Å².